The van der Waals surface area contributed by atoms with Crippen molar-refractivity contribution in [2.24, 2.45) is 5.92 Å². The molecule has 1 atom stereocenters. The van der Waals surface area contributed by atoms with E-state index in [1.807, 2.05) is 0 Å². The lowest BCUT2D eigenvalue weighted by atomic mass is 9.98. The van der Waals surface area contributed by atoms with E-state index in [4.69, 9.17) is 5.11 Å². The molecule has 7 nitrogen and oxygen atoms in total. The average molecular weight is 522 g/mol. The van der Waals surface area contributed by atoms with Gasteiger partial charge in [-0.15, -0.1) is 0 Å². The molecule has 2 rings (SSSR count). The Morgan fingerprint density at radius 3 is 2.19 bits per heavy atom. The number of aliphatic carboxylic acids is 1. The van der Waals surface area contributed by atoms with Crippen molar-refractivity contribution in [1.29, 1.82) is 0 Å². The summed E-state index contributed by atoms with van der Waals surface area (Å²) in [5, 5.41) is 13.9. The molecule has 2 aromatic carbocycles. The van der Waals surface area contributed by atoms with Crippen LogP contribution in [0.2, 0.25) is 0 Å². The summed E-state index contributed by atoms with van der Waals surface area (Å²) in [5.41, 5.74) is 0.609. The number of amides is 3. The minimum Gasteiger partial charge on any atom is -0.481 e. The maximum absolute atomic E-state index is 13.2. The second kappa shape index (κ2) is 14.2. The van der Waals surface area contributed by atoms with E-state index in [-0.39, 0.29) is 31.1 Å². The van der Waals surface area contributed by atoms with Gasteiger partial charge >= 0.3 is 18.2 Å². The van der Waals surface area contributed by atoms with E-state index >= 15 is 0 Å². The van der Waals surface area contributed by atoms with E-state index in [0.717, 1.165) is 43.4 Å². The van der Waals surface area contributed by atoms with E-state index in [9.17, 15) is 27.6 Å². The Kier molecular flexibility index (Phi) is 11.4. The van der Waals surface area contributed by atoms with E-state index in [2.05, 4.69) is 24.5 Å². The van der Waals surface area contributed by atoms with Crippen molar-refractivity contribution >= 4 is 23.6 Å². The number of carbonyl (C=O) groups is 3. The van der Waals surface area contributed by atoms with Crippen molar-refractivity contribution in [2.75, 3.05) is 18.4 Å². The van der Waals surface area contributed by atoms with Gasteiger partial charge in [-0.1, -0.05) is 45.2 Å². The van der Waals surface area contributed by atoms with Gasteiger partial charge in [0.05, 0.1) is 12.0 Å². The second-order valence-electron chi connectivity index (χ2n) is 8.90. The first kappa shape index (κ1) is 29.7. The van der Waals surface area contributed by atoms with Crippen molar-refractivity contribution in [3.05, 3.63) is 65.2 Å². The largest absolute Gasteiger partial charge is 0.481 e. The number of hydrogen-bond donors (Lipinski definition) is 3. The van der Waals surface area contributed by atoms with Gasteiger partial charge in [-0.3, -0.25) is 9.59 Å². The van der Waals surface area contributed by atoms with Gasteiger partial charge in [-0.05, 0) is 54.3 Å². The van der Waals surface area contributed by atoms with E-state index in [0.29, 0.717) is 12.1 Å². The van der Waals surface area contributed by atoms with E-state index in [1.54, 1.807) is 29.2 Å². The summed E-state index contributed by atoms with van der Waals surface area (Å²) in [4.78, 5) is 37.6. The van der Waals surface area contributed by atoms with Crippen LogP contribution in [0.5, 0.6) is 0 Å². The lowest BCUT2D eigenvalue weighted by molar-refractivity contribution is -0.138. The average Bonchev–Trinajstić information content (AvgIpc) is 2.85. The Hall–Kier alpha value is -3.56. The van der Waals surface area contributed by atoms with Crippen LogP contribution in [0.4, 0.5) is 23.7 Å². The van der Waals surface area contributed by atoms with Gasteiger partial charge in [-0.25, -0.2) is 4.79 Å². The number of rotatable bonds is 13. The van der Waals surface area contributed by atoms with Crippen LogP contribution in [-0.2, 0) is 17.5 Å². The lowest BCUT2D eigenvalue weighted by Gasteiger charge is -2.28. The predicted molar refractivity (Wildman–Crippen MR) is 135 cm³/mol. The Morgan fingerprint density at radius 2 is 1.65 bits per heavy atom. The molecule has 0 aliphatic carbocycles. The molecule has 3 N–H and O–H groups in total. The van der Waals surface area contributed by atoms with Crippen LogP contribution in [0.3, 0.4) is 0 Å². The summed E-state index contributed by atoms with van der Waals surface area (Å²) in [6, 6.07) is 10.5. The fraction of sp³-hybridized carbons (Fsp3) is 0.444. The molecule has 0 spiro atoms. The third-order valence-electron chi connectivity index (χ3n) is 5.99. The molecule has 0 saturated carbocycles. The van der Waals surface area contributed by atoms with Crippen LogP contribution < -0.4 is 10.6 Å². The van der Waals surface area contributed by atoms with Crippen LogP contribution in [-0.4, -0.2) is 41.0 Å². The van der Waals surface area contributed by atoms with Crippen molar-refractivity contribution < 1.29 is 32.7 Å². The number of benzene rings is 2. The highest BCUT2D eigenvalue weighted by atomic mass is 19.4. The molecule has 0 bridgehead atoms. The van der Waals surface area contributed by atoms with Crippen LogP contribution in [0.1, 0.15) is 67.4 Å². The van der Waals surface area contributed by atoms with Gasteiger partial charge in [0.15, 0.2) is 0 Å². The molecular weight excluding hydrogens is 487 g/mol. The zero-order valence-electron chi connectivity index (χ0n) is 21.1. The Balaban J connectivity index is 2.13. The molecule has 10 heteroatoms. The summed E-state index contributed by atoms with van der Waals surface area (Å²) < 4.78 is 38.6. The number of hydrogen-bond acceptors (Lipinski definition) is 3. The molecule has 0 radical (unpaired) electrons. The summed E-state index contributed by atoms with van der Waals surface area (Å²) in [6.45, 7) is 4.89. The minimum atomic E-state index is -4.46. The zero-order valence-corrected chi connectivity index (χ0v) is 21.1. The van der Waals surface area contributed by atoms with Gasteiger partial charge in [0.2, 0.25) is 0 Å². The first-order chi connectivity index (χ1) is 17.5. The minimum absolute atomic E-state index is 0.0178. The number of unbranched alkanes of at least 4 members (excludes halogenated alkanes) is 1. The number of nitrogens with zero attached hydrogens (tertiary/aromatic N) is 1. The Morgan fingerprint density at radius 1 is 1.00 bits per heavy atom. The summed E-state index contributed by atoms with van der Waals surface area (Å²) in [5.74, 6) is -1.14. The maximum Gasteiger partial charge on any atom is 0.416 e. The highest BCUT2D eigenvalue weighted by Gasteiger charge is 2.30. The fourth-order valence-electron chi connectivity index (χ4n) is 3.76. The summed E-state index contributed by atoms with van der Waals surface area (Å²) >= 11 is 0. The van der Waals surface area contributed by atoms with Gasteiger partial charge in [-0.2, -0.15) is 13.2 Å². The SMILES string of the molecule is CCCCC(CC)CN(Cc1ccc(C(=O)NCCC(=O)O)cc1)C(=O)Nc1ccc(C(F)(F)F)cc1. The van der Waals surface area contributed by atoms with Crippen molar-refractivity contribution in [1.82, 2.24) is 10.2 Å². The molecule has 0 fully saturated rings. The monoisotopic (exact) mass is 521 g/mol. The van der Waals surface area contributed by atoms with Gasteiger partial charge < -0.3 is 20.6 Å². The zero-order chi connectivity index (χ0) is 27.4. The second-order valence-corrected chi connectivity index (χ2v) is 8.90. The van der Waals surface area contributed by atoms with Crippen molar-refractivity contribution in [3.8, 4) is 0 Å². The number of urea groups is 1. The molecule has 1 unspecified atom stereocenters. The maximum atomic E-state index is 13.2. The molecule has 0 aliphatic rings. The topological polar surface area (TPSA) is 98.7 Å². The first-order valence-corrected chi connectivity index (χ1v) is 12.4. The highest BCUT2D eigenvalue weighted by molar-refractivity contribution is 5.94. The standard InChI is InChI=1S/C27H34F3N3O4/c1-3-5-6-19(4-2)17-33(26(37)32-23-13-11-22(12-14-23)27(28,29)30)18-20-7-9-21(10-8-20)25(36)31-16-15-24(34)35/h7-14,19H,3-6,15-18H2,1-2H3,(H,31,36)(H,32,37)(H,34,35). The molecule has 0 aliphatic heterocycles. The van der Waals surface area contributed by atoms with Crippen LogP contribution in [0, 0.1) is 5.92 Å². The molecule has 37 heavy (non-hydrogen) atoms. The Labute approximate surface area is 215 Å². The molecule has 0 aromatic heterocycles. The predicted octanol–water partition coefficient (Wildman–Crippen LogP) is 6.16. The number of carbonyl (C=O) groups excluding carboxylic acids is 2. The molecule has 2 aromatic rings. The number of anilines is 1. The van der Waals surface area contributed by atoms with E-state index < -0.39 is 29.6 Å². The molecule has 0 heterocycles. The number of carboxylic acid groups (broad SMARTS) is 1. The third kappa shape index (κ3) is 10.1. The molecular formula is C27H34F3N3O4. The smallest absolute Gasteiger partial charge is 0.416 e. The van der Waals surface area contributed by atoms with Crippen LogP contribution >= 0.6 is 0 Å². The normalized spacial score (nSPS) is 12.0. The van der Waals surface area contributed by atoms with Gasteiger partial charge in [0, 0.05) is 30.9 Å². The van der Waals surface area contributed by atoms with Crippen molar-refractivity contribution in [3.63, 3.8) is 0 Å². The Bertz CT molecular complexity index is 1020. The van der Waals surface area contributed by atoms with Gasteiger partial charge in [0.1, 0.15) is 0 Å². The number of halogens is 3. The van der Waals surface area contributed by atoms with E-state index in [1.165, 1.54) is 12.1 Å². The fourth-order valence-corrected chi connectivity index (χ4v) is 3.76. The van der Waals surface area contributed by atoms with Crippen molar-refractivity contribution in [2.45, 2.75) is 58.7 Å². The number of carboxylic acids is 1. The molecule has 3 amide bonds. The number of alkyl halides is 3. The first-order valence-electron chi connectivity index (χ1n) is 12.4. The van der Waals surface area contributed by atoms with Crippen LogP contribution in [0.15, 0.2) is 48.5 Å². The lowest BCUT2D eigenvalue weighted by Crippen LogP contribution is -2.38. The third-order valence-corrected chi connectivity index (χ3v) is 5.99. The quantitative estimate of drug-likeness (QED) is 0.294. The molecule has 202 valence electrons. The summed E-state index contributed by atoms with van der Waals surface area (Å²) in [7, 11) is 0. The van der Waals surface area contributed by atoms with Gasteiger partial charge in [0.25, 0.3) is 5.91 Å². The van der Waals surface area contributed by atoms with Crippen LogP contribution in [0.25, 0.3) is 0 Å². The molecule has 0 saturated heterocycles. The number of nitrogens with one attached hydrogen (secondary N) is 2. The summed E-state index contributed by atoms with van der Waals surface area (Å²) in [6.07, 6.45) is -0.750. The highest BCUT2D eigenvalue weighted by Crippen LogP contribution is 2.30.